The average Bonchev–Trinajstić information content (AvgIpc) is 2.38. The van der Waals surface area contributed by atoms with Gasteiger partial charge in [-0.25, -0.2) is 4.79 Å². The van der Waals surface area contributed by atoms with E-state index in [2.05, 4.69) is 5.32 Å². The Morgan fingerprint density at radius 2 is 2.33 bits per heavy atom. The molecule has 7 heteroatoms. The van der Waals surface area contributed by atoms with Crippen molar-refractivity contribution in [2.45, 2.75) is 6.04 Å². The first-order valence-electron chi connectivity index (χ1n) is 5.43. The fourth-order valence-electron chi connectivity index (χ4n) is 1.98. The highest BCUT2D eigenvalue weighted by molar-refractivity contribution is 5.93. The monoisotopic (exact) mass is 252 g/mol. The first-order valence-corrected chi connectivity index (χ1v) is 5.43. The van der Waals surface area contributed by atoms with Crippen molar-refractivity contribution in [3.05, 3.63) is 39.4 Å². The SMILES string of the molecule is O=C(O)c1cccc(C2COCCN2)c1[N+](=O)[O-]. The van der Waals surface area contributed by atoms with E-state index in [1.54, 1.807) is 6.07 Å². The van der Waals surface area contributed by atoms with Crippen LogP contribution in [0.25, 0.3) is 0 Å². The normalized spacial score (nSPS) is 19.4. The van der Waals surface area contributed by atoms with Crippen molar-refractivity contribution in [2.75, 3.05) is 19.8 Å². The third kappa shape index (κ3) is 2.31. The van der Waals surface area contributed by atoms with Gasteiger partial charge in [0.05, 0.1) is 24.2 Å². The second-order valence-corrected chi connectivity index (χ2v) is 3.89. The van der Waals surface area contributed by atoms with Gasteiger partial charge in [-0.05, 0) is 6.07 Å². The number of para-hydroxylation sites is 1. The number of morpholine rings is 1. The van der Waals surface area contributed by atoms with Crippen LogP contribution in [0.4, 0.5) is 5.69 Å². The minimum atomic E-state index is -1.31. The summed E-state index contributed by atoms with van der Waals surface area (Å²) in [6.45, 7) is 1.42. The van der Waals surface area contributed by atoms with Crippen LogP contribution >= 0.6 is 0 Å². The molecule has 1 aromatic rings. The Labute approximate surface area is 103 Å². The van der Waals surface area contributed by atoms with Gasteiger partial charge in [-0.3, -0.25) is 10.1 Å². The van der Waals surface area contributed by atoms with Crippen LogP contribution < -0.4 is 5.32 Å². The molecular formula is C11H12N2O5. The lowest BCUT2D eigenvalue weighted by Gasteiger charge is -2.24. The van der Waals surface area contributed by atoms with E-state index in [0.717, 1.165) is 0 Å². The molecule has 0 spiro atoms. The lowest BCUT2D eigenvalue weighted by atomic mass is 10.0. The summed E-state index contributed by atoms with van der Waals surface area (Å²) < 4.78 is 5.24. The van der Waals surface area contributed by atoms with Gasteiger partial charge in [-0.15, -0.1) is 0 Å². The summed E-state index contributed by atoms with van der Waals surface area (Å²) in [6.07, 6.45) is 0. The minimum absolute atomic E-state index is 0.296. The number of nitro benzene ring substituents is 1. The summed E-state index contributed by atoms with van der Waals surface area (Å²) in [5, 5.41) is 23.1. The second kappa shape index (κ2) is 5.11. The maximum absolute atomic E-state index is 11.1. The molecule has 1 fully saturated rings. The Bertz CT molecular complexity index is 482. The number of carboxylic acids is 1. The Balaban J connectivity index is 2.48. The number of nitro groups is 1. The van der Waals surface area contributed by atoms with Crippen LogP contribution in [0.3, 0.4) is 0 Å². The van der Waals surface area contributed by atoms with Gasteiger partial charge < -0.3 is 15.2 Å². The zero-order chi connectivity index (χ0) is 13.1. The third-order valence-electron chi connectivity index (χ3n) is 2.78. The number of carboxylic acid groups (broad SMARTS) is 1. The number of rotatable bonds is 3. The number of carbonyl (C=O) groups is 1. The summed E-state index contributed by atoms with van der Waals surface area (Å²) >= 11 is 0. The number of nitrogens with one attached hydrogen (secondary N) is 1. The number of nitrogens with zero attached hydrogens (tertiary/aromatic N) is 1. The predicted octanol–water partition coefficient (Wildman–Crippen LogP) is 0.954. The molecule has 1 aromatic carbocycles. The number of benzene rings is 1. The topological polar surface area (TPSA) is 102 Å². The number of hydrogen-bond donors (Lipinski definition) is 2. The Kier molecular flexibility index (Phi) is 3.54. The first-order chi connectivity index (χ1) is 8.61. The van der Waals surface area contributed by atoms with Crippen molar-refractivity contribution in [3.63, 3.8) is 0 Å². The van der Waals surface area contributed by atoms with Gasteiger partial charge in [0.2, 0.25) is 0 Å². The molecule has 0 saturated carbocycles. The zero-order valence-electron chi connectivity index (χ0n) is 9.46. The highest BCUT2D eigenvalue weighted by Crippen LogP contribution is 2.30. The van der Waals surface area contributed by atoms with E-state index in [9.17, 15) is 14.9 Å². The largest absolute Gasteiger partial charge is 0.477 e. The summed E-state index contributed by atoms with van der Waals surface area (Å²) in [6, 6.07) is 3.94. The van der Waals surface area contributed by atoms with Crippen molar-refractivity contribution in [3.8, 4) is 0 Å². The first kappa shape index (κ1) is 12.5. The van der Waals surface area contributed by atoms with E-state index in [-0.39, 0.29) is 17.3 Å². The smallest absolute Gasteiger partial charge is 0.342 e. The van der Waals surface area contributed by atoms with Gasteiger partial charge in [0.15, 0.2) is 0 Å². The fourth-order valence-corrected chi connectivity index (χ4v) is 1.98. The van der Waals surface area contributed by atoms with Gasteiger partial charge in [-0.1, -0.05) is 12.1 Å². The van der Waals surface area contributed by atoms with E-state index in [0.29, 0.717) is 25.3 Å². The molecule has 1 saturated heterocycles. The third-order valence-corrected chi connectivity index (χ3v) is 2.78. The molecule has 1 heterocycles. The van der Waals surface area contributed by atoms with Crippen LogP contribution in [0.1, 0.15) is 22.0 Å². The number of ether oxygens (including phenoxy) is 1. The molecule has 1 atom stereocenters. The van der Waals surface area contributed by atoms with E-state index < -0.39 is 10.9 Å². The van der Waals surface area contributed by atoms with Crippen LogP contribution in [0, 0.1) is 10.1 Å². The summed E-state index contributed by atoms with van der Waals surface area (Å²) in [5.41, 5.74) is -0.322. The van der Waals surface area contributed by atoms with Crippen LogP contribution in [0.2, 0.25) is 0 Å². The highest BCUT2D eigenvalue weighted by Gasteiger charge is 2.29. The molecule has 1 aliphatic heterocycles. The van der Waals surface area contributed by atoms with Gasteiger partial charge >= 0.3 is 5.97 Å². The highest BCUT2D eigenvalue weighted by atomic mass is 16.6. The lowest BCUT2D eigenvalue weighted by molar-refractivity contribution is -0.386. The van der Waals surface area contributed by atoms with E-state index in [1.165, 1.54) is 12.1 Å². The molecule has 0 aromatic heterocycles. The summed E-state index contributed by atoms with van der Waals surface area (Å²) in [4.78, 5) is 21.4. The van der Waals surface area contributed by atoms with Crippen molar-refractivity contribution < 1.29 is 19.6 Å². The minimum Gasteiger partial charge on any atom is -0.477 e. The van der Waals surface area contributed by atoms with Gasteiger partial charge in [0.25, 0.3) is 5.69 Å². The van der Waals surface area contributed by atoms with E-state index in [4.69, 9.17) is 9.84 Å². The average molecular weight is 252 g/mol. The lowest BCUT2D eigenvalue weighted by Crippen LogP contribution is -2.35. The molecule has 0 radical (unpaired) electrons. The standard InChI is InChI=1S/C11H12N2O5/c14-11(15)8-3-1-2-7(10(8)13(16)17)9-6-18-5-4-12-9/h1-3,9,12H,4-6H2,(H,14,15). The second-order valence-electron chi connectivity index (χ2n) is 3.89. The van der Waals surface area contributed by atoms with Crippen LogP contribution in [0.15, 0.2) is 18.2 Å². The van der Waals surface area contributed by atoms with Gasteiger partial charge in [-0.2, -0.15) is 0 Å². The number of hydrogen-bond acceptors (Lipinski definition) is 5. The molecule has 7 nitrogen and oxygen atoms in total. The molecule has 0 aliphatic carbocycles. The van der Waals surface area contributed by atoms with Gasteiger partial charge in [0.1, 0.15) is 5.56 Å². The molecule has 2 rings (SSSR count). The van der Waals surface area contributed by atoms with E-state index >= 15 is 0 Å². The molecule has 2 N–H and O–H groups in total. The fraction of sp³-hybridized carbons (Fsp3) is 0.364. The molecule has 0 bridgehead atoms. The summed E-state index contributed by atoms with van der Waals surface area (Å²) in [5.74, 6) is -1.31. The van der Waals surface area contributed by atoms with Gasteiger partial charge in [0, 0.05) is 12.1 Å². The van der Waals surface area contributed by atoms with Crippen molar-refractivity contribution in [1.29, 1.82) is 0 Å². The Morgan fingerprint density at radius 1 is 1.56 bits per heavy atom. The van der Waals surface area contributed by atoms with Crippen molar-refractivity contribution in [2.24, 2.45) is 0 Å². The quantitative estimate of drug-likeness (QED) is 0.613. The molecular weight excluding hydrogens is 240 g/mol. The van der Waals surface area contributed by atoms with Crippen molar-refractivity contribution in [1.82, 2.24) is 5.32 Å². The maximum Gasteiger partial charge on any atom is 0.342 e. The van der Waals surface area contributed by atoms with Crippen LogP contribution in [0.5, 0.6) is 0 Å². The molecule has 96 valence electrons. The Morgan fingerprint density at radius 3 is 2.89 bits per heavy atom. The Hall–Kier alpha value is -1.99. The molecule has 1 unspecified atom stereocenters. The molecule has 18 heavy (non-hydrogen) atoms. The van der Waals surface area contributed by atoms with Crippen LogP contribution in [-0.2, 0) is 4.74 Å². The summed E-state index contributed by atoms with van der Waals surface area (Å²) in [7, 11) is 0. The molecule has 1 aliphatic rings. The van der Waals surface area contributed by atoms with E-state index in [1.807, 2.05) is 0 Å². The molecule has 0 amide bonds. The predicted molar refractivity (Wildman–Crippen MR) is 61.6 cm³/mol. The zero-order valence-corrected chi connectivity index (χ0v) is 9.46. The number of aromatic carboxylic acids is 1. The van der Waals surface area contributed by atoms with Crippen molar-refractivity contribution >= 4 is 11.7 Å². The van der Waals surface area contributed by atoms with Crippen LogP contribution in [-0.4, -0.2) is 35.8 Å². The maximum atomic E-state index is 11.1.